The van der Waals surface area contributed by atoms with Crippen molar-refractivity contribution < 1.29 is 38.1 Å². The van der Waals surface area contributed by atoms with Crippen LogP contribution >= 0.6 is 0 Å². The van der Waals surface area contributed by atoms with Gasteiger partial charge in [-0.15, -0.1) is 0 Å². The summed E-state index contributed by atoms with van der Waals surface area (Å²) in [6.45, 7) is 9.01. The minimum Gasteiger partial charge on any atom is -0.462 e. The topological polar surface area (TPSA) is 108 Å². The summed E-state index contributed by atoms with van der Waals surface area (Å²) >= 11 is 0. The SMILES string of the molecule is CCCCCCCCC(CCCCCC)OC(=O)CCC(=O)OCC(CN(C)C)OC(=O)CCC(=O)OC(CCCCCC)CCCCCCCC. The van der Waals surface area contributed by atoms with Crippen LogP contribution in [-0.4, -0.2) is 74.3 Å². The molecule has 9 nitrogen and oxygen atoms in total. The summed E-state index contributed by atoms with van der Waals surface area (Å²) in [6, 6.07) is 0. The van der Waals surface area contributed by atoms with Crippen molar-refractivity contribution in [2.24, 2.45) is 0 Å². The summed E-state index contributed by atoms with van der Waals surface area (Å²) in [5, 5.41) is 0. The van der Waals surface area contributed by atoms with Gasteiger partial charge >= 0.3 is 23.9 Å². The van der Waals surface area contributed by atoms with E-state index in [0.717, 1.165) is 89.9 Å². The molecule has 0 aliphatic heterocycles. The Morgan fingerprint density at radius 3 is 1.04 bits per heavy atom. The number of rotatable bonds is 37. The van der Waals surface area contributed by atoms with Crippen LogP contribution in [0.25, 0.3) is 0 Å². The number of hydrogen-bond acceptors (Lipinski definition) is 9. The maximum atomic E-state index is 12.7. The molecule has 0 spiro atoms. The van der Waals surface area contributed by atoms with E-state index in [0.29, 0.717) is 6.54 Å². The average Bonchev–Trinajstić information content (AvgIpc) is 3.11. The predicted octanol–water partition coefficient (Wildman–Crippen LogP) is 10.8. The van der Waals surface area contributed by atoms with E-state index in [4.69, 9.17) is 18.9 Å². The highest BCUT2D eigenvalue weighted by atomic mass is 16.6. The molecule has 0 saturated heterocycles. The summed E-state index contributed by atoms with van der Waals surface area (Å²) in [6.07, 6.45) is 25.6. The summed E-state index contributed by atoms with van der Waals surface area (Å²) in [7, 11) is 3.68. The zero-order valence-electron chi connectivity index (χ0n) is 34.7. The standard InChI is InChI=1S/C43H81NO8/c1-7-11-15-19-21-25-29-37(27-23-17-13-9-3)50-41(46)32-31-40(45)49-36-39(35-44(5)6)52-43(48)34-33-42(47)51-38(28-24-18-14-10-4)30-26-22-20-16-12-8-2/h37-39H,7-36H2,1-6H3. The molecule has 0 aromatic heterocycles. The number of esters is 4. The Morgan fingerprint density at radius 1 is 0.404 bits per heavy atom. The van der Waals surface area contributed by atoms with Crippen LogP contribution in [0.2, 0.25) is 0 Å². The van der Waals surface area contributed by atoms with Crippen molar-refractivity contribution in [2.45, 2.75) is 226 Å². The molecule has 9 heteroatoms. The lowest BCUT2D eigenvalue weighted by Gasteiger charge is -2.22. The fourth-order valence-electron chi connectivity index (χ4n) is 6.36. The van der Waals surface area contributed by atoms with Crippen molar-refractivity contribution in [3.63, 3.8) is 0 Å². The maximum Gasteiger partial charge on any atom is 0.306 e. The van der Waals surface area contributed by atoms with E-state index < -0.39 is 18.0 Å². The first-order chi connectivity index (χ1) is 25.1. The van der Waals surface area contributed by atoms with Crippen LogP contribution in [0.15, 0.2) is 0 Å². The lowest BCUT2D eigenvalue weighted by molar-refractivity contribution is -0.163. The van der Waals surface area contributed by atoms with E-state index in [1.165, 1.54) is 64.2 Å². The van der Waals surface area contributed by atoms with Gasteiger partial charge in [-0.2, -0.15) is 0 Å². The lowest BCUT2D eigenvalue weighted by Crippen LogP contribution is -2.35. The molecule has 0 bridgehead atoms. The molecule has 0 radical (unpaired) electrons. The van der Waals surface area contributed by atoms with Gasteiger partial charge in [-0.1, -0.05) is 130 Å². The highest BCUT2D eigenvalue weighted by Crippen LogP contribution is 2.19. The van der Waals surface area contributed by atoms with Crippen LogP contribution < -0.4 is 0 Å². The van der Waals surface area contributed by atoms with E-state index in [2.05, 4.69) is 27.7 Å². The third kappa shape index (κ3) is 32.5. The van der Waals surface area contributed by atoms with Crippen molar-refractivity contribution in [3.05, 3.63) is 0 Å². The van der Waals surface area contributed by atoms with Crippen molar-refractivity contribution in [1.82, 2.24) is 4.90 Å². The van der Waals surface area contributed by atoms with Crippen LogP contribution in [0.3, 0.4) is 0 Å². The Labute approximate surface area is 319 Å². The average molecular weight is 740 g/mol. The molecular weight excluding hydrogens is 658 g/mol. The van der Waals surface area contributed by atoms with Gasteiger partial charge < -0.3 is 23.8 Å². The van der Waals surface area contributed by atoms with Gasteiger partial charge in [0.25, 0.3) is 0 Å². The fourth-order valence-corrected chi connectivity index (χ4v) is 6.36. The maximum absolute atomic E-state index is 12.7. The first-order valence-electron chi connectivity index (χ1n) is 21.5. The van der Waals surface area contributed by atoms with Gasteiger partial charge in [0, 0.05) is 6.54 Å². The number of carbonyl (C=O) groups excluding carboxylic acids is 4. The second kappa shape index (κ2) is 35.8. The molecule has 0 heterocycles. The van der Waals surface area contributed by atoms with Crippen LogP contribution in [0.4, 0.5) is 0 Å². The number of hydrogen-bond donors (Lipinski definition) is 0. The molecule has 0 aliphatic carbocycles. The third-order valence-corrected chi connectivity index (χ3v) is 9.48. The highest BCUT2D eigenvalue weighted by Gasteiger charge is 2.22. The van der Waals surface area contributed by atoms with Gasteiger partial charge in [-0.05, 0) is 65.5 Å². The normalized spacial score (nSPS) is 13.1. The van der Waals surface area contributed by atoms with E-state index in [1.807, 2.05) is 19.0 Å². The molecule has 0 fully saturated rings. The molecular formula is C43H81NO8. The monoisotopic (exact) mass is 740 g/mol. The van der Waals surface area contributed by atoms with Gasteiger partial charge in [-0.3, -0.25) is 19.2 Å². The van der Waals surface area contributed by atoms with Gasteiger partial charge in [0.05, 0.1) is 25.7 Å². The molecule has 3 unspecified atom stereocenters. The molecule has 306 valence electrons. The van der Waals surface area contributed by atoms with Crippen molar-refractivity contribution in [3.8, 4) is 0 Å². The van der Waals surface area contributed by atoms with E-state index in [-0.39, 0.29) is 56.4 Å². The molecule has 0 saturated carbocycles. The second-order valence-electron chi connectivity index (χ2n) is 15.1. The Bertz CT molecular complexity index is 879. The summed E-state index contributed by atoms with van der Waals surface area (Å²) in [5.41, 5.74) is 0. The smallest absolute Gasteiger partial charge is 0.306 e. The van der Waals surface area contributed by atoms with E-state index in [9.17, 15) is 19.2 Å². The number of unbranched alkanes of at least 4 members (excludes halogenated alkanes) is 16. The van der Waals surface area contributed by atoms with Gasteiger partial charge in [0.1, 0.15) is 24.9 Å². The molecule has 0 aromatic rings. The molecule has 0 rings (SSSR count). The minimum atomic E-state index is -0.696. The summed E-state index contributed by atoms with van der Waals surface area (Å²) in [5.74, 6) is -1.82. The van der Waals surface area contributed by atoms with Crippen molar-refractivity contribution in [1.29, 1.82) is 0 Å². The van der Waals surface area contributed by atoms with Crippen LogP contribution in [0, 0.1) is 0 Å². The Morgan fingerprint density at radius 2 is 0.692 bits per heavy atom. The third-order valence-electron chi connectivity index (χ3n) is 9.48. The van der Waals surface area contributed by atoms with Crippen LogP contribution in [-0.2, 0) is 38.1 Å². The quantitative estimate of drug-likeness (QED) is 0.0349. The lowest BCUT2D eigenvalue weighted by atomic mass is 10.0. The van der Waals surface area contributed by atoms with E-state index >= 15 is 0 Å². The molecule has 0 N–H and O–H groups in total. The first kappa shape index (κ1) is 49.8. The van der Waals surface area contributed by atoms with Crippen LogP contribution in [0.5, 0.6) is 0 Å². The summed E-state index contributed by atoms with van der Waals surface area (Å²) in [4.78, 5) is 52.6. The molecule has 0 aromatic carbocycles. The number of nitrogens with zero attached hydrogens (tertiary/aromatic N) is 1. The predicted molar refractivity (Wildman–Crippen MR) is 211 cm³/mol. The molecule has 0 amide bonds. The largest absolute Gasteiger partial charge is 0.462 e. The van der Waals surface area contributed by atoms with Crippen molar-refractivity contribution >= 4 is 23.9 Å². The Kier molecular flexibility index (Phi) is 34.4. The zero-order valence-corrected chi connectivity index (χ0v) is 34.7. The van der Waals surface area contributed by atoms with Crippen LogP contribution in [0.1, 0.15) is 207 Å². The number of ether oxygens (including phenoxy) is 4. The molecule has 52 heavy (non-hydrogen) atoms. The zero-order chi connectivity index (χ0) is 38.7. The molecule has 3 atom stereocenters. The van der Waals surface area contributed by atoms with Crippen molar-refractivity contribution in [2.75, 3.05) is 27.2 Å². The fraction of sp³-hybridized carbons (Fsp3) is 0.907. The van der Waals surface area contributed by atoms with Gasteiger partial charge in [0.2, 0.25) is 0 Å². The summed E-state index contributed by atoms with van der Waals surface area (Å²) < 4.78 is 22.7. The first-order valence-corrected chi connectivity index (χ1v) is 21.5. The second-order valence-corrected chi connectivity index (χ2v) is 15.1. The van der Waals surface area contributed by atoms with E-state index in [1.54, 1.807) is 0 Å². The number of likely N-dealkylation sites (N-methyl/N-ethyl adjacent to an activating group) is 1. The highest BCUT2D eigenvalue weighted by molar-refractivity contribution is 5.78. The number of carbonyl (C=O) groups is 4. The Hall–Kier alpha value is -2.16. The van der Waals surface area contributed by atoms with Gasteiger partial charge in [-0.25, -0.2) is 0 Å². The van der Waals surface area contributed by atoms with Gasteiger partial charge in [0.15, 0.2) is 0 Å². The Balaban J connectivity index is 4.75. The molecule has 0 aliphatic rings. The minimum absolute atomic E-state index is 0.0422.